The molecule has 4 rings (SSSR count). The van der Waals surface area contributed by atoms with Crippen LogP contribution in [0.4, 0.5) is 19.0 Å². The van der Waals surface area contributed by atoms with Crippen molar-refractivity contribution >= 4 is 11.7 Å². The first-order valence-corrected chi connectivity index (χ1v) is 10.3. The number of nitrogens with one attached hydrogen (secondary N) is 1. The van der Waals surface area contributed by atoms with E-state index in [1.165, 1.54) is 18.5 Å². The Morgan fingerprint density at radius 3 is 2.48 bits per heavy atom. The van der Waals surface area contributed by atoms with Crippen LogP contribution in [0.15, 0.2) is 54.9 Å². The van der Waals surface area contributed by atoms with Gasteiger partial charge in [0, 0.05) is 37.1 Å². The molecule has 1 atom stereocenters. The molecule has 1 N–H and O–H groups in total. The van der Waals surface area contributed by atoms with Crippen molar-refractivity contribution in [3.8, 4) is 17.3 Å². The number of benzene rings is 1. The summed E-state index contributed by atoms with van der Waals surface area (Å²) < 4.78 is 40.3. The largest absolute Gasteiger partial charge is 0.451 e. The molecule has 0 radical (unpaired) electrons. The molecule has 33 heavy (non-hydrogen) atoms. The van der Waals surface area contributed by atoms with E-state index in [1.807, 2.05) is 18.2 Å². The highest BCUT2D eigenvalue weighted by Gasteiger charge is 2.39. The van der Waals surface area contributed by atoms with Gasteiger partial charge in [-0.2, -0.15) is 18.4 Å². The van der Waals surface area contributed by atoms with Gasteiger partial charge in [-0.1, -0.05) is 12.1 Å². The van der Waals surface area contributed by atoms with Crippen molar-refractivity contribution in [2.45, 2.75) is 25.1 Å². The van der Waals surface area contributed by atoms with Crippen molar-refractivity contribution in [3.05, 3.63) is 71.8 Å². The van der Waals surface area contributed by atoms with Crippen molar-refractivity contribution in [2.75, 3.05) is 18.0 Å². The van der Waals surface area contributed by atoms with Gasteiger partial charge in [0.15, 0.2) is 0 Å². The number of hydrogen-bond acceptors (Lipinski definition) is 6. The smallest absolute Gasteiger partial charge is 0.354 e. The van der Waals surface area contributed by atoms with Gasteiger partial charge in [-0.15, -0.1) is 0 Å². The highest BCUT2D eigenvalue weighted by atomic mass is 19.4. The first-order valence-electron chi connectivity index (χ1n) is 10.3. The molecule has 10 heteroatoms. The number of rotatable bonds is 6. The van der Waals surface area contributed by atoms with Crippen LogP contribution < -0.4 is 10.2 Å². The van der Waals surface area contributed by atoms with Gasteiger partial charge >= 0.3 is 6.18 Å². The minimum Gasteiger partial charge on any atom is -0.354 e. The van der Waals surface area contributed by atoms with Crippen molar-refractivity contribution < 1.29 is 18.0 Å². The van der Waals surface area contributed by atoms with Gasteiger partial charge in [0.2, 0.25) is 11.7 Å². The van der Waals surface area contributed by atoms with E-state index in [0.29, 0.717) is 37.1 Å². The zero-order valence-corrected chi connectivity index (χ0v) is 17.4. The number of amides is 1. The summed E-state index contributed by atoms with van der Waals surface area (Å²) in [5, 5.41) is 11.7. The molecule has 0 bridgehead atoms. The molecule has 0 saturated carbocycles. The van der Waals surface area contributed by atoms with Crippen LogP contribution in [-0.2, 0) is 17.4 Å². The second kappa shape index (κ2) is 9.24. The maximum absolute atomic E-state index is 13.4. The SMILES string of the molecule is N#Cc1ccc(CCNC(=O)C2CCN2c2cc(-c3ccncc3)nc(C(F)(F)F)n2)cc1. The van der Waals surface area contributed by atoms with Gasteiger partial charge in [0.05, 0.1) is 17.3 Å². The number of alkyl halides is 3. The topological polar surface area (TPSA) is 94.8 Å². The zero-order valence-electron chi connectivity index (χ0n) is 17.4. The van der Waals surface area contributed by atoms with E-state index in [-0.39, 0.29) is 17.4 Å². The number of halogens is 3. The van der Waals surface area contributed by atoms with E-state index in [9.17, 15) is 18.0 Å². The molecule has 2 aromatic heterocycles. The quantitative estimate of drug-likeness (QED) is 0.616. The molecule has 7 nitrogen and oxygen atoms in total. The molecule has 1 fully saturated rings. The fourth-order valence-electron chi connectivity index (χ4n) is 3.51. The first-order chi connectivity index (χ1) is 15.8. The van der Waals surface area contributed by atoms with E-state index < -0.39 is 18.0 Å². The third-order valence-electron chi connectivity index (χ3n) is 5.35. The maximum atomic E-state index is 13.4. The molecule has 1 aliphatic rings. The minimum atomic E-state index is -4.72. The number of anilines is 1. The molecule has 0 aliphatic carbocycles. The number of aromatic nitrogens is 3. The Morgan fingerprint density at radius 2 is 1.88 bits per heavy atom. The molecule has 1 unspecified atom stereocenters. The number of carbonyl (C=O) groups is 1. The summed E-state index contributed by atoms with van der Waals surface area (Å²) in [5.74, 6) is -1.46. The van der Waals surface area contributed by atoms with Crippen LogP contribution in [0.2, 0.25) is 0 Å². The standard InChI is InChI=1S/C23H19F3N6O/c24-23(25,26)22-30-18(17-6-9-28-10-7-17)13-20(31-22)32-12-8-19(32)21(33)29-11-5-15-1-3-16(14-27)4-2-15/h1-4,6-7,9-10,13,19H,5,8,11-12H2,(H,29,33). The molecule has 1 aliphatic heterocycles. The lowest BCUT2D eigenvalue weighted by molar-refractivity contribution is -0.144. The van der Waals surface area contributed by atoms with Gasteiger partial charge < -0.3 is 10.2 Å². The third kappa shape index (κ3) is 5.09. The summed E-state index contributed by atoms with van der Waals surface area (Å²) in [5.41, 5.74) is 2.11. The fourth-order valence-corrected chi connectivity index (χ4v) is 3.51. The third-order valence-corrected chi connectivity index (χ3v) is 5.35. The molecule has 3 aromatic rings. The normalized spacial score (nSPS) is 15.5. The Labute approximate surface area is 187 Å². The van der Waals surface area contributed by atoms with E-state index in [4.69, 9.17) is 5.26 Å². The highest BCUT2D eigenvalue weighted by molar-refractivity contribution is 5.87. The van der Waals surface area contributed by atoms with Crippen LogP contribution in [-0.4, -0.2) is 40.0 Å². The second-order valence-corrected chi connectivity index (χ2v) is 7.52. The predicted molar refractivity (Wildman–Crippen MR) is 114 cm³/mol. The van der Waals surface area contributed by atoms with Crippen LogP contribution in [0.3, 0.4) is 0 Å². The van der Waals surface area contributed by atoms with Gasteiger partial charge in [-0.05, 0) is 42.7 Å². The van der Waals surface area contributed by atoms with E-state index in [0.717, 1.165) is 5.56 Å². The molecule has 0 spiro atoms. The molecule has 168 valence electrons. The van der Waals surface area contributed by atoms with Crippen LogP contribution in [0.25, 0.3) is 11.3 Å². The average Bonchev–Trinajstić information content (AvgIpc) is 2.78. The van der Waals surface area contributed by atoms with E-state index in [2.05, 4.69) is 20.3 Å². The lowest BCUT2D eigenvalue weighted by Gasteiger charge is -2.40. The first kappa shape index (κ1) is 22.2. The Balaban J connectivity index is 1.47. The van der Waals surface area contributed by atoms with Crippen molar-refractivity contribution in [3.63, 3.8) is 0 Å². The summed E-state index contributed by atoms with van der Waals surface area (Å²) in [4.78, 5) is 25.5. The number of nitriles is 1. The van der Waals surface area contributed by atoms with Gasteiger partial charge in [0.1, 0.15) is 11.9 Å². The van der Waals surface area contributed by atoms with E-state index >= 15 is 0 Å². The summed E-state index contributed by atoms with van der Waals surface area (Å²) in [7, 11) is 0. The Morgan fingerprint density at radius 1 is 1.15 bits per heavy atom. The lowest BCUT2D eigenvalue weighted by Crippen LogP contribution is -2.57. The monoisotopic (exact) mass is 452 g/mol. The van der Waals surface area contributed by atoms with Crippen molar-refractivity contribution in [1.82, 2.24) is 20.3 Å². The predicted octanol–water partition coefficient (Wildman–Crippen LogP) is 3.37. The Hall–Kier alpha value is -4.00. The minimum absolute atomic E-state index is 0.0580. The number of hydrogen-bond donors (Lipinski definition) is 1. The van der Waals surface area contributed by atoms with Gasteiger partial charge in [-0.25, -0.2) is 9.97 Å². The van der Waals surface area contributed by atoms with Gasteiger partial charge in [-0.3, -0.25) is 9.78 Å². The van der Waals surface area contributed by atoms with Crippen molar-refractivity contribution in [2.24, 2.45) is 0 Å². The molecular formula is C23H19F3N6O. The van der Waals surface area contributed by atoms with Crippen LogP contribution >= 0.6 is 0 Å². The zero-order chi connectivity index (χ0) is 23.4. The molecule has 1 amide bonds. The Bertz CT molecular complexity index is 1180. The highest BCUT2D eigenvalue weighted by Crippen LogP contribution is 2.33. The maximum Gasteiger partial charge on any atom is 0.451 e. The number of nitrogens with zero attached hydrogens (tertiary/aromatic N) is 5. The van der Waals surface area contributed by atoms with Crippen LogP contribution in [0.1, 0.15) is 23.4 Å². The summed E-state index contributed by atoms with van der Waals surface area (Å²) in [6.07, 6.45) is -0.696. The lowest BCUT2D eigenvalue weighted by atomic mass is 10.0. The summed E-state index contributed by atoms with van der Waals surface area (Å²) in [6.45, 7) is 0.784. The summed E-state index contributed by atoms with van der Waals surface area (Å²) in [6, 6.07) is 13.1. The average molecular weight is 452 g/mol. The molecule has 1 aromatic carbocycles. The second-order valence-electron chi connectivity index (χ2n) is 7.52. The number of pyridine rings is 1. The molecule has 3 heterocycles. The number of carbonyl (C=O) groups excluding carboxylic acids is 1. The van der Waals surface area contributed by atoms with Gasteiger partial charge in [0.25, 0.3) is 0 Å². The van der Waals surface area contributed by atoms with Crippen molar-refractivity contribution in [1.29, 1.82) is 5.26 Å². The fraction of sp³-hybridized carbons (Fsp3) is 0.261. The van der Waals surface area contributed by atoms with Crippen LogP contribution in [0, 0.1) is 11.3 Å². The summed E-state index contributed by atoms with van der Waals surface area (Å²) >= 11 is 0. The Kier molecular flexibility index (Phi) is 6.22. The molecule has 1 saturated heterocycles. The molecular weight excluding hydrogens is 433 g/mol. The van der Waals surface area contributed by atoms with Crippen LogP contribution in [0.5, 0.6) is 0 Å². The van der Waals surface area contributed by atoms with E-state index in [1.54, 1.807) is 29.2 Å².